The van der Waals surface area contributed by atoms with Crippen LogP contribution in [-0.2, 0) is 16.1 Å². The van der Waals surface area contributed by atoms with Crippen LogP contribution in [0.25, 0.3) is 0 Å². The van der Waals surface area contributed by atoms with Crippen LogP contribution in [0.5, 0.6) is 0 Å². The monoisotopic (exact) mass is 313 g/mol. The summed E-state index contributed by atoms with van der Waals surface area (Å²) in [5.74, 6) is 0.295. The Balaban J connectivity index is 1.96. The van der Waals surface area contributed by atoms with Gasteiger partial charge in [0.05, 0.1) is 18.5 Å². The molecule has 21 heavy (non-hydrogen) atoms. The average Bonchev–Trinajstić information content (AvgIpc) is 3.05. The Morgan fingerprint density at radius 2 is 2.14 bits per heavy atom. The van der Waals surface area contributed by atoms with Crippen molar-refractivity contribution >= 4 is 17.7 Å². The molecule has 0 unspecified atom stereocenters. The molecule has 0 bridgehead atoms. The van der Waals surface area contributed by atoms with E-state index in [1.165, 1.54) is 24.6 Å². The standard InChI is InChI=1S/C14H23N3O3S/c1-10(2)13-15-16-14(21-9-12(18)19)17(13)7-8-20-11-5-3-4-6-11/h10-11H,3-9H2,1-2H3,(H,18,19). The second-order valence-electron chi connectivity index (χ2n) is 5.61. The molecular weight excluding hydrogens is 290 g/mol. The maximum atomic E-state index is 10.7. The number of hydrogen-bond donors (Lipinski definition) is 1. The number of aromatic nitrogens is 3. The van der Waals surface area contributed by atoms with Gasteiger partial charge < -0.3 is 14.4 Å². The van der Waals surface area contributed by atoms with E-state index >= 15 is 0 Å². The highest BCUT2D eigenvalue weighted by Crippen LogP contribution is 2.23. The molecule has 1 aliphatic carbocycles. The fourth-order valence-electron chi connectivity index (χ4n) is 2.54. The molecule has 6 nitrogen and oxygen atoms in total. The molecule has 0 radical (unpaired) electrons. The highest BCUT2D eigenvalue weighted by atomic mass is 32.2. The van der Waals surface area contributed by atoms with E-state index in [1.54, 1.807) is 0 Å². The molecule has 0 aromatic carbocycles. The Labute approximate surface area is 129 Å². The number of carboxylic acids is 1. The predicted octanol–water partition coefficient (Wildman–Crippen LogP) is 2.54. The normalized spacial score (nSPS) is 16.0. The first-order valence-corrected chi connectivity index (χ1v) is 8.45. The van der Waals surface area contributed by atoms with Gasteiger partial charge in [-0.15, -0.1) is 10.2 Å². The van der Waals surface area contributed by atoms with Gasteiger partial charge in [0, 0.05) is 12.5 Å². The number of hydrogen-bond acceptors (Lipinski definition) is 5. The van der Waals surface area contributed by atoms with E-state index in [2.05, 4.69) is 24.0 Å². The smallest absolute Gasteiger partial charge is 0.313 e. The van der Waals surface area contributed by atoms with Crippen molar-refractivity contribution in [2.24, 2.45) is 0 Å². The summed E-state index contributed by atoms with van der Waals surface area (Å²) < 4.78 is 7.88. The number of nitrogens with zero attached hydrogens (tertiary/aromatic N) is 3. The van der Waals surface area contributed by atoms with Crippen LogP contribution in [0.1, 0.15) is 51.3 Å². The first kappa shape index (κ1) is 16.3. The Bertz CT molecular complexity index is 470. The Morgan fingerprint density at radius 3 is 2.76 bits per heavy atom. The van der Waals surface area contributed by atoms with Crippen molar-refractivity contribution < 1.29 is 14.6 Å². The zero-order chi connectivity index (χ0) is 15.2. The summed E-state index contributed by atoms with van der Waals surface area (Å²) in [4.78, 5) is 10.7. The van der Waals surface area contributed by atoms with Crippen LogP contribution in [0.4, 0.5) is 0 Å². The van der Waals surface area contributed by atoms with Crippen molar-refractivity contribution in [2.75, 3.05) is 12.4 Å². The molecule has 1 aliphatic rings. The summed E-state index contributed by atoms with van der Waals surface area (Å²) in [6, 6.07) is 0. The lowest BCUT2D eigenvalue weighted by Crippen LogP contribution is -2.16. The number of ether oxygens (including phenoxy) is 1. The van der Waals surface area contributed by atoms with E-state index in [4.69, 9.17) is 9.84 Å². The minimum Gasteiger partial charge on any atom is -0.481 e. The van der Waals surface area contributed by atoms with Crippen LogP contribution in [-0.4, -0.2) is 44.3 Å². The van der Waals surface area contributed by atoms with E-state index in [-0.39, 0.29) is 11.7 Å². The van der Waals surface area contributed by atoms with Gasteiger partial charge in [-0.05, 0) is 12.8 Å². The summed E-state index contributed by atoms with van der Waals surface area (Å²) >= 11 is 1.21. The largest absolute Gasteiger partial charge is 0.481 e. The van der Waals surface area contributed by atoms with Crippen molar-refractivity contribution in [2.45, 2.75) is 63.3 Å². The first-order chi connectivity index (χ1) is 10.1. The number of rotatable bonds is 8. The second-order valence-corrected chi connectivity index (χ2v) is 6.55. The van der Waals surface area contributed by atoms with Gasteiger partial charge >= 0.3 is 5.97 Å². The summed E-state index contributed by atoms with van der Waals surface area (Å²) in [5, 5.41) is 17.8. The quantitative estimate of drug-likeness (QED) is 0.743. The SMILES string of the molecule is CC(C)c1nnc(SCC(=O)O)n1CCOC1CCCC1. The molecule has 0 atom stereocenters. The van der Waals surface area contributed by atoms with Crippen LogP contribution < -0.4 is 0 Å². The molecule has 1 aromatic rings. The Hall–Kier alpha value is -1.08. The lowest BCUT2D eigenvalue weighted by Gasteiger charge is -2.14. The predicted molar refractivity (Wildman–Crippen MR) is 80.7 cm³/mol. The van der Waals surface area contributed by atoms with Crippen molar-refractivity contribution in [3.63, 3.8) is 0 Å². The number of thioether (sulfide) groups is 1. The fourth-order valence-corrected chi connectivity index (χ4v) is 3.23. The summed E-state index contributed by atoms with van der Waals surface area (Å²) in [5.41, 5.74) is 0. The Kier molecular flexibility index (Phi) is 6.05. The summed E-state index contributed by atoms with van der Waals surface area (Å²) in [7, 11) is 0. The highest BCUT2D eigenvalue weighted by molar-refractivity contribution is 7.99. The zero-order valence-corrected chi connectivity index (χ0v) is 13.4. The van der Waals surface area contributed by atoms with Gasteiger partial charge in [0.1, 0.15) is 5.82 Å². The van der Waals surface area contributed by atoms with Crippen LogP contribution in [0.3, 0.4) is 0 Å². The lowest BCUT2D eigenvalue weighted by atomic mass is 10.2. The third-order valence-electron chi connectivity index (χ3n) is 3.56. The van der Waals surface area contributed by atoms with Gasteiger partial charge in [-0.25, -0.2) is 0 Å². The van der Waals surface area contributed by atoms with Crippen LogP contribution in [0.2, 0.25) is 0 Å². The second kappa shape index (κ2) is 7.79. The van der Waals surface area contributed by atoms with E-state index in [0.29, 0.717) is 24.4 Å². The Morgan fingerprint density at radius 1 is 1.43 bits per heavy atom. The van der Waals surface area contributed by atoms with Crippen molar-refractivity contribution in [3.05, 3.63) is 5.82 Å². The van der Waals surface area contributed by atoms with Gasteiger partial charge in [-0.3, -0.25) is 4.79 Å². The lowest BCUT2D eigenvalue weighted by molar-refractivity contribution is -0.133. The molecular formula is C14H23N3O3S. The molecule has 0 spiro atoms. The van der Waals surface area contributed by atoms with Crippen LogP contribution in [0, 0.1) is 0 Å². The van der Waals surface area contributed by atoms with Crippen molar-refractivity contribution in [1.29, 1.82) is 0 Å². The van der Waals surface area contributed by atoms with Crippen LogP contribution >= 0.6 is 11.8 Å². The van der Waals surface area contributed by atoms with E-state index < -0.39 is 5.97 Å². The number of carboxylic acid groups (broad SMARTS) is 1. The van der Waals surface area contributed by atoms with Gasteiger partial charge in [0.2, 0.25) is 0 Å². The molecule has 1 fully saturated rings. The fraction of sp³-hybridized carbons (Fsp3) is 0.786. The molecule has 0 amide bonds. The zero-order valence-electron chi connectivity index (χ0n) is 12.6. The van der Waals surface area contributed by atoms with Gasteiger partial charge in [0.25, 0.3) is 0 Å². The average molecular weight is 313 g/mol. The first-order valence-electron chi connectivity index (χ1n) is 7.47. The van der Waals surface area contributed by atoms with Crippen molar-refractivity contribution in [3.8, 4) is 0 Å². The topological polar surface area (TPSA) is 77.2 Å². The molecule has 1 aromatic heterocycles. The minimum absolute atomic E-state index is 0.000287. The van der Waals surface area contributed by atoms with Crippen LogP contribution in [0.15, 0.2) is 5.16 Å². The highest BCUT2D eigenvalue weighted by Gasteiger charge is 2.18. The molecule has 118 valence electrons. The summed E-state index contributed by atoms with van der Waals surface area (Å²) in [6.45, 7) is 5.43. The molecule has 1 heterocycles. The van der Waals surface area contributed by atoms with E-state index in [9.17, 15) is 4.79 Å². The molecule has 7 heteroatoms. The minimum atomic E-state index is -0.845. The van der Waals surface area contributed by atoms with Gasteiger partial charge in [-0.2, -0.15) is 0 Å². The van der Waals surface area contributed by atoms with E-state index in [0.717, 1.165) is 18.7 Å². The third-order valence-corrected chi connectivity index (χ3v) is 4.51. The maximum absolute atomic E-state index is 10.7. The molecule has 1 N–H and O–H groups in total. The van der Waals surface area contributed by atoms with Crippen molar-refractivity contribution in [1.82, 2.24) is 14.8 Å². The van der Waals surface area contributed by atoms with E-state index in [1.807, 2.05) is 4.57 Å². The molecule has 2 rings (SSSR count). The third kappa shape index (κ3) is 4.71. The van der Waals surface area contributed by atoms with Gasteiger partial charge in [-0.1, -0.05) is 38.5 Å². The van der Waals surface area contributed by atoms with Gasteiger partial charge in [0.15, 0.2) is 5.16 Å². The maximum Gasteiger partial charge on any atom is 0.313 e. The molecule has 0 aliphatic heterocycles. The summed E-state index contributed by atoms with van der Waals surface area (Å²) in [6.07, 6.45) is 5.21. The molecule has 0 saturated heterocycles. The molecule has 1 saturated carbocycles. The number of aliphatic carboxylic acids is 1. The number of carbonyl (C=O) groups is 1.